The van der Waals surface area contributed by atoms with Crippen molar-refractivity contribution in [1.82, 2.24) is 15.5 Å². The minimum atomic E-state index is -0.439. The molecule has 0 aliphatic carbocycles. The third-order valence-electron chi connectivity index (χ3n) is 2.74. The van der Waals surface area contributed by atoms with Gasteiger partial charge in [0.15, 0.2) is 0 Å². The number of alkyl carbamates (subject to hydrolysis) is 1. The average molecular weight is 275 g/mol. The summed E-state index contributed by atoms with van der Waals surface area (Å²) >= 11 is 0. The third-order valence-corrected chi connectivity index (χ3v) is 2.74. The molecule has 106 valence electrons. The predicted molar refractivity (Wildman–Crippen MR) is 73.2 cm³/mol. The lowest BCUT2D eigenvalue weighted by Crippen LogP contribution is -2.26. The highest BCUT2D eigenvalue weighted by Gasteiger charge is 2.10. The van der Waals surface area contributed by atoms with Crippen molar-refractivity contribution < 1.29 is 14.1 Å². The van der Waals surface area contributed by atoms with E-state index in [4.69, 9.17) is 9.26 Å². The minimum absolute atomic E-state index is 0.351. The highest BCUT2D eigenvalue weighted by molar-refractivity contribution is 5.67. The zero-order valence-electron chi connectivity index (χ0n) is 11.5. The van der Waals surface area contributed by atoms with Crippen molar-refractivity contribution in [3.63, 3.8) is 0 Å². The van der Waals surface area contributed by atoms with Gasteiger partial charge in [0, 0.05) is 18.5 Å². The number of rotatable bonds is 5. The van der Waals surface area contributed by atoms with Crippen molar-refractivity contribution in [3.05, 3.63) is 35.7 Å². The Kier molecular flexibility index (Phi) is 4.70. The van der Waals surface area contributed by atoms with E-state index < -0.39 is 6.09 Å². The van der Waals surface area contributed by atoms with Crippen molar-refractivity contribution in [3.8, 4) is 11.4 Å². The lowest BCUT2D eigenvalue weighted by molar-refractivity contribution is 0.152. The number of benzene rings is 1. The van der Waals surface area contributed by atoms with E-state index in [9.17, 15) is 4.79 Å². The molecule has 0 atom stereocenters. The summed E-state index contributed by atoms with van der Waals surface area (Å²) in [4.78, 5) is 15.4. The van der Waals surface area contributed by atoms with Crippen LogP contribution in [-0.4, -0.2) is 29.4 Å². The topological polar surface area (TPSA) is 77.2 Å². The van der Waals surface area contributed by atoms with Crippen molar-refractivity contribution in [1.29, 1.82) is 0 Å². The quantitative estimate of drug-likeness (QED) is 0.906. The Morgan fingerprint density at radius 2 is 2.20 bits per heavy atom. The van der Waals surface area contributed by atoms with E-state index in [1.165, 1.54) is 0 Å². The molecule has 0 spiro atoms. The van der Waals surface area contributed by atoms with Crippen LogP contribution in [0.25, 0.3) is 11.4 Å². The van der Waals surface area contributed by atoms with E-state index in [1.54, 1.807) is 6.92 Å². The van der Waals surface area contributed by atoms with Gasteiger partial charge >= 0.3 is 6.09 Å². The normalized spacial score (nSPS) is 10.3. The number of hydrogen-bond donors (Lipinski definition) is 1. The van der Waals surface area contributed by atoms with Crippen LogP contribution in [0.5, 0.6) is 0 Å². The van der Waals surface area contributed by atoms with Crippen LogP contribution in [0.4, 0.5) is 4.79 Å². The Morgan fingerprint density at radius 3 is 2.95 bits per heavy atom. The fraction of sp³-hybridized carbons (Fsp3) is 0.357. The average Bonchev–Trinajstić information content (AvgIpc) is 2.88. The molecular formula is C14H17N3O3. The number of carbonyl (C=O) groups is 1. The molecule has 2 rings (SSSR count). The van der Waals surface area contributed by atoms with Crippen LogP contribution in [0.2, 0.25) is 0 Å². The first-order valence-electron chi connectivity index (χ1n) is 6.50. The van der Waals surface area contributed by atoms with Gasteiger partial charge in [-0.15, -0.1) is 0 Å². The van der Waals surface area contributed by atoms with Gasteiger partial charge < -0.3 is 14.6 Å². The molecule has 0 aliphatic rings. The van der Waals surface area contributed by atoms with Crippen LogP contribution in [0.15, 0.2) is 28.8 Å². The van der Waals surface area contributed by atoms with Gasteiger partial charge in [0.1, 0.15) is 0 Å². The van der Waals surface area contributed by atoms with Crippen LogP contribution in [0.1, 0.15) is 18.4 Å². The second-order valence-corrected chi connectivity index (χ2v) is 4.22. The monoisotopic (exact) mass is 275 g/mol. The van der Waals surface area contributed by atoms with E-state index >= 15 is 0 Å². The van der Waals surface area contributed by atoms with Crippen molar-refractivity contribution in [2.75, 3.05) is 13.2 Å². The summed E-state index contributed by atoms with van der Waals surface area (Å²) in [6.45, 7) is 4.50. The van der Waals surface area contributed by atoms with E-state index in [1.807, 2.05) is 31.2 Å². The van der Waals surface area contributed by atoms with Crippen LogP contribution < -0.4 is 5.32 Å². The van der Waals surface area contributed by atoms with Gasteiger partial charge in [0.05, 0.1) is 6.61 Å². The van der Waals surface area contributed by atoms with Gasteiger partial charge in [0.2, 0.25) is 11.7 Å². The summed E-state index contributed by atoms with van der Waals surface area (Å²) in [7, 11) is 0. The van der Waals surface area contributed by atoms with Crippen molar-refractivity contribution in [2.45, 2.75) is 20.3 Å². The summed E-state index contributed by atoms with van der Waals surface area (Å²) in [6.07, 6.45) is 0.0312. The number of aromatic nitrogens is 2. The van der Waals surface area contributed by atoms with Gasteiger partial charge in [-0.1, -0.05) is 29.4 Å². The SMILES string of the molecule is CCOC(=O)NCCc1nc(-c2ccccc2C)no1. The van der Waals surface area contributed by atoms with Crippen LogP contribution >= 0.6 is 0 Å². The Bertz CT molecular complexity index is 581. The number of nitrogens with one attached hydrogen (secondary N) is 1. The fourth-order valence-electron chi connectivity index (χ4n) is 1.74. The molecule has 0 aliphatic heterocycles. The number of nitrogens with zero attached hydrogens (tertiary/aromatic N) is 2. The Labute approximate surface area is 117 Å². The number of amides is 1. The second kappa shape index (κ2) is 6.70. The summed E-state index contributed by atoms with van der Waals surface area (Å²) in [5, 5.41) is 6.55. The van der Waals surface area contributed by atoms with Crippen LogP contribution in [0, 0.1) is 6.92 Å². The van der Waals surface area contributed by atoms with Gasteiger partial charge in [-0.05, 0) is 19.4 Å². The number of hydrogen-bond acceptors (Lipinski definition) is 5. The van der Waals surface area contributed by atoms with Gasteiger partial charge in [-0.3, -0.25) is 0 Å². The van der Waals surface area contributed by atoms with Crippen LogP contribution in [-0.2, 0) is 11.2 Å². The maximum atomic E-state index is 11.1. The van der Waals surface area contributed by atoms with Crippen LogP contribution in [0.3, 0.4) is 0 Å². The number of aryl methyl sites for hydroxylation is 1. The van der Waals surface area contributed by atoms with E-state index in [0.29, 0.717) is 31.3 Å². The molecule has 0 radical (unpaired) electrons. The van der Waals surface area contributed by atoms with Crippen molar-refractivity contribution in [2.24, 2.45) is 0 Å². The number of ether oxygens (including phenoxy) is 1. The first-order valence-corrected chi connectivity index (χ1v) is 6.50. The maximum absolute atomic E-state index is 11.1. The number of carbonyl (C=O) groups excluding carboxylic acids is 1. The molecule has 0 saturated heterocycles. The molecule has 1 heterocycles. The molecule has 0 fully saturated rings. The van der Waals surface area contributed by atoms with E-state index in [0.717, 1.165) is 11.1 Å². The molecule has 6 heteroatoms. The molecule has 1 aromatic heterocycles. The maximum Gasteiger partial charge on any atom is 0.407 e. The molecule has 6 nitrogen and oxygen atoms in total. The Hall–Kier alpha value is -2.37. The zero-order valence-corrected chi connectivity index (χ0v) is 11.5. The van der Waals surface area contributed by atoms with Gasteiger partial charge in [0.25, 0.3) is 0 Å². The lowest BCUT2D eigenvalue weighted by Gasteiger charge is -2.02. The third kappa shape index (κ3) is 3.57. The first-order chi connectivity index (χ1) is 9.70. The smallest absolute Gasteiger partial charge is 0.407 e. The highest BCUT2D eigenvalue weighted by atomic mass is 16.5. The second-order valence-electron chi connectivity index (χ2n) is 4.22. The van der Waals surface area contributed by atoms with Gasteiger partial charge in [-0.25, -0.2) is 4.79 Å². The molecule has 1 aromatic carbocycles. The molecule has 0 bridgehead atoms. The van der Waals surface area contributed by atoms with Crippen molar-refractivity contribution >= 4 is 6.09 Å². The highest BCUT2D eigenvalue weighted by Crippen LogP contribution is 2.19. The largest absolute Gasteiger partial charge is 0.450 e. The molecule has 1 N–H and O–H groups in total. The molecule has 2 aromatic rings. The molecule has 0 unspecified atom stereocenters. The molecule has 0 saturated carbocycles. The lowest BCUT2D eigenvalue weighted by atomic mass is 10.1. The summed E-state index contributed by atoms with van der Waals surface area (Å²) < 4.78 is 9.92. The Morgan fingerprint density at radius 1 is 1.40 bits per heavy atom. The predicted octanol–water partition coefficient (Wildman–Crippen LogP) is 2.33. The summed E-state index contributed by atoms with van der Waals surface area (Å²) in [6, 6.07) is 7.83. The van der Waals surface area contributed by atoms with E-state index in [2.05, 4.69) is 15.5 Å². The summed E-state index contributed by atoms with van der Waals surface area (Å²) in [5.74, 6) is 1.05. The Balaban J connectivity index is 1.93. The molecular weight excluding hydrogens is 258 g/mol. The molecule has 20 heavy (non-hydrogen) atoms. The van der Waals surface area contributed by atoms with E-state index in [-0.39, 0.29) is 0 Å². The minimum Gasteiger partial charge on any atom is -0.450 e. The summed E-state index contributed by atoms with van der Waals surface area (Å²) in [5.41, 5.74) is 2.03. The van der Waals surface area contributed by atoms with Gasteiger partial charge in [-0.2, -0.15) is 4.98 Å². The standard InChI is InChI=1S/C14H17N3O3/c1-3-19-14(18)15-9-8-12-16-13(17-20-12)11-7-5-4-6-10(11)2/h4-7H,3,8-9H2,1-2H3,(H,15,18). The molecule has 1 amide bonds. The zero-order chi connectivity index (χ0) is 14.4. The first kappa shape index (κ1) is 14.0. The fourth-order valence-corrected chi connectivity index (χ4v) is 1.74.